The first-order chi connectivity index (χ1) is 15.7. The van der Waals surface area contributed by atoms with Crippen molar-refractivity contribution < 1.29 is 13.2 Å². The summed E-state index contributed by atoms with van der Waals surface area (Å²) in [5.74, 6) is -0.306. The van der Waals surface area contributed by atoms with Crippen LogP contribution in [-0.2, 0) is 35.0 Å². The van der Waals surface area contributed by atoms with Gasteiger partial charge in [0.15, 0.2) is 0 Å². The highest BCUT2D eigenvalue weighted by molar-refractivity contribution is 7.89. The van der Waals surface area contributed by atoms with Gasteiger partial charge >= 0.3 is 5.69 Å². The molecule has 1 aliphatic heterocycles. The summed E-state index contributed by atoms with van der Waals surface area (Å²) < 4.78 is 30.3. The van der Waals surface area contributed by atoms with E-state index < -0.39 is 21.3 Å². The number of likely N-dealkylation sites (tertiary alicyclic amines) is 1. The Kier molecular flexibility index (Phi) is 6.42. The number of hydrogen-bond acceptors (Lipinski definition) is 5. The molecule has 2 aromatic carbocycles. The van der Waals surface area contributed by atoms with Crippen LogP contribution in [0.5, 0.6) is 0 Å². The molecule has 0 unspecified atom stereocenters. The Bertz CT molecular complexity index is 1440. The molecule has 0 spiro atoms. The van der Waals surface area contributed by atoms with Gasteiger partial charge in [0.05, 0.1) is 15.8 Å². The van der Waals surface area contributed by atoms with Gasteiger partial charge in [-0.15, -0.1) is 0 Å². The first-order valence-electron chi connectivity index (χ1n) is 10.4. The van der Waals surface area contributed by atoms with E-state index in [0.717, 1.165) is 17.4 Å². The van der Waals surface area contributed by atoms with Gasteiger partial charge in [-0.05, 0) is 48.7 Å². The van der Waals surface area contributed by atoms with Gasteiger partial charge in [0.2, 0.25) is 15.9 Å². The largest absolute Gasteiger partial charge is 0.341 e. The van der Waals surface area contributed by atoms with Crippen LogP contribution >= 0.6 is 11.6 Å². The fraction of sp³-hybridized carbons (Fsp3) is 0.318. The zero-order valence-corrected chi connectivity index (χ0v) is 19.5. The molecule has 1 fully saturated rings. The lowest BCUT2D eigenvalue weighted by atomic mass is 10.2. The SMILES string of the molecule is Cn1c(=O)n(CC(=O)N2CCCC2)c(=O)c2cc(S(=O)(=O)NCc3ccc(Cl)cc3)ccc21. The second-order valence-corrected chi connectivity index (χ2v) is 10.2. The van der Waals surface area contributed by atoms with E-state index in [1.807, 2.05) is 0 Å². The average molecular weight is 491 g/mol. The van der Waals surface area contributed by atoms with E-state index in [0.29, 0.717) is 23.7 Å². The normalized spacial score (nSPS) is 14.2. The summed E-state index contributed by atoms with van der Waals surface area (Å²) in [6.07, 6.45) is 1.78. The summed E-state index contributed by atoms with van der Waals surface area (Å²) >= 11 is 5.85. The van der Waals surface area contributed by atoms with Gasteiger partial charge in [0.25, 0.3) is 5.56 Å². The highest BCUT2D eigenvalue weighted by Gasteiger charge is 2.22. The number of nitrogens with one attached hydrogen (secondary N) is 1. The highest BCUT2D eigenvalue weighted by Crippen LogP contribution is 2.17. The number of carbonyl (C=O) groups excluding carboxylic acids is 1. The van der Waals surface area contributed by atoms with Crippen LogP contribution in [0.15, 0.2) is 56.9 Å². The zero-order chi connectivity index (χ0) is 23.8. The number of aromatic nitrogens is 2. The van der Waals surface area contributed by atoms with Gasteiger partial charge in [0.1, 0.15) is 6.54 Å². The Morgan fingerprint density at radius 3 is 2.39 bits per heavy atom. The molecule has 3 aromatic rings. The van der Waals surface area contributed by atoms with Crippen molar-refractivity contribution >= 4 is 38.4 Å². The molecule has 0 bridgehead atoms. The van der Waals surface area contributed by atoms with Gasteiger partial charge in [-0.3, -0.25) is 18.7 Å². The summed E-state index contributed by atoms with van der Waals surface area (Å²) in [4.78, 5) is 39.9. The lowest BCUT2D eigenvalue weighted by molar-refractivity contribution is -0.130. The Hall–Kier alpha value is -2.95. The Labute approximate surface area is 195 Å². The maximum atomic E-state index is 13.1. The fourth-order valence-electron chi connectivity index (χ4n) is 3.87. The quantitative estimate of drug-likeness (QED) is 0.562. The van der Waals surface area contributed by atoms with Crippen molar-refractivity contribution in [3.05, 3.63) is 73.9 Å². The minimum atomic E-state index is -3.94. The zero-order valence-electron chi connectivity index (χ0n) is 18.0. The molecule has 0 atom stereocenters. The van der Waals surface area contributed by atoms with Gasteiger partial charge in [-0.2, -0.15) is 0 Å². The van der Waals surface area contributed by atoms with Crippen LogP contribution in [0.4, 0.5) is 0 Å². The lowest BCUT2D eigenvalue weighted by Crippen LogP contribution is -2.43. The maximum Gasteiger partial charge on any atom is 0.331 e. The molecule has 0 radical (unpaired) electrons. The summed E-state index contributed by atoms with van der Waals surface area (Å²) in [5.41, 5.74) is -0.326. The van der Waals surface area contributed by atoms with Crippen molar-refractivity contribution in [1.82, 2.24) is 18.8 Å². The molecule has 4 rings (SSSR count). The highest BCUT2D eigenvalue weighted by atomic mass is 35.5. The van der Waals surface area contributed by atoms with Crippen LogP contribution in [0.1, 0.15) is 18.4 Å². The number of fused-ring (bicyclic) bond motifs is 1. The van der Waals surface area contributed by atoms with Crippen molar-refractivity contribution in [2.45, 2.75) is 30.8 Å². The minimum absolute atomic E-state index is 0.0411. The predicted octanol–water partition coefficient (Wildman–Crippen LogP) is 1.45. The van der Waals surface area contributed by atoms with E-state index in [9.17, 15) is 22.8 Å². The van der Waals surface area contributed by atoms with Gasteiger partial charge < -0.3 is 4.90 Å². The number of hydrogen-bond donors (Lipinski definition) is 1. The summed E-state index contributed by atoms with van der Waals surface area (Å²) in [7, 11) is -2.46. The Morgan fingerprint density at radius 1 is 1.06 bits per heavy atom. The van der Waals surface area contributed by atoms with Gasteiger partial charge in [-0.25, -0.2) is 17.9 Å². The number of amides is 1. The van der Waals surface area contributed by atoms with E-state index in [-0.39, 0.29) is 34.8 Å². The number of benzene rings is 2. The number of aryl methyl sites for hydroxylation is 1. The number of sulfonamides is 1. The number of halogens is 1. The third-order valence-electron chi connectivity index (χ3n) is 5.76. The molecular weight excluding hydrogens is 468 g/mol. The molecule has 0 aliphatic carbocycles. The number of nitrogens with zero attached hydrogens (tertiary/aromatic N) is 3. The molecular formula is C22H23ClN4O5S. The first-order valence-corrected chi connectivity index (χ1v) is 12.3. The molecule has 1 aromatic heterocycles. The lowest BCUT2D eigenvalue weighted by Gasteiger charge is -2.17. The third-order valence-corrected chi connectivity index (χ3v) is 7.42. The first kappa shape index (κ1) is 23.2. The predicted molar refractivity (Wildman–Crippen MR) is 125 cm³/mol. The van der Waals surface area contributed by atoms with E-state index >= 15 is 0 Å². The van der Waals surface area contributed by atoms with Crippen LogP contribution in [0, 0.1) is 0 Å². The number of carbonyl (C=O) groups is 1. The minimum Gasteiger partial charge on any atom is -0.341 e. The van der Waals surface area contributed by atoms with Gasteiger partial charge in [0, 0.05) is 31.7 Å². The van der Waals surface area contributed by atoms with Gasteiger partial charge in [-0.1, -0.05) is 23.7 Å². The fourth-order valence-corrected chi connectivity index (χ4v) is 5.04. The second kappa shape index (κ2) is 9.12. The van der Waals surface area contributed by atoms with Crippen molar-refractivity contribution in [3.8, 4) is 0 Å². The molecule has 2 heterocycles. The van der Waals surface area contributed by atoms with E-state index in [1.165, 1.54) is 29.8 Å². The van der Waals surface area contributed by atoms with Crippen molar-refractivity contribution in [2.75, 3.05) is 13.1 Å². The van der Waals surface area contributed by atoms with Crippen LogP contribution < -0.4 is 16.0 Å². The summed E-state index contributed by atoms with van der Waals surface area (Å²) in [6.45, 7) is 0.860. The molecule has 33 heavy (non-hydrogen) atoms. The topological polar surface area (TPSA) is 110 Å². The molecule has 1 N–H and O–H groups in total. The van der Waals surface area contributed by atoms with E-state index in [4.69, 9.17) is 11.6 Å². The van der Waals surface area contributed by atoms with Crippen molar-refractivity contribution in [3.63, 3.8) is 0 Å². The van der Waals surface area contributed by atoms with Crippen LogP contribution in [0.25, 0.3) is 10.9 Å². The average Bonchev–Trinajstić information content (AvgIpc) is 3.35. The van der Waals surface area contributed by atoms with E-state index in [2.05, 4.69) is 4.72 Å². The monoisotopic (exact) mass is 490 g/mol. The van der Waals surface area contributed by atoms with Crippen molar-refractivity contribution in [2.24, 2.45) is 7.05 Å². The number of rotatable bonds is 6. The summed E-state index contributed by atoms with van der Waals surface area (Å²) in [6, 6.07) is 10.7. The van der Waals surface area contributed by atoms with Crippen molar-refractivity contribution in [1.29, 1.82) is 0 Å². The summed E-state index contributed by atoms with van der Waals surface area (Å²) in [5, 5.41) is 0.585. The second-order valence-electron chi connectivity index (χ2n) is 7.95. The molecule has 174 valence electrons. The molecule has 9 nitrogen and oxygen atoms in total. The van der Waals surface area contributed by atoms with E-state index in [1.54, 1.807) is 29.2 Å². The van der Waals surface area contributed by atoms with Crippen LogP contribution in [0.2, 0.25) is 5.02 Å². The Balaban J connectivity index is 1.68. The molecule has 1 saturated heterocycles. The molecule has 0 saturated carbocycles. The maximum absolute atomic E-state index is 13.1. The molecule has 11 heteroatoms. The smallest absolute Gasteiger partial charge is 0.331 e. The molecule has 1 aliphatic rings. The third kappa shape index (κ3) is 4.73. The van der Waals surface area contributed by atoms with Crippen LogP contribution in [0.3, 0.4) is 0 Å². The standard InChI is InChI=1S/C22H23ClN4O5S/c1-25-19-9-8-17(33(31,32)24-13-15-4-6-16(23)7-5-15)12-18(19)21(29)27(22(25)30)14-20(28)26-10-2-3-11-26/h4-9,12,24H,2-3,10-11,13-14H2,1H3. The van der Waals surface area contributed by atoms with Crippen LogP contribution in [-0.4, -0.2) is 41.4 Å². The Morgan fingerprint density at radius 2 is 1.73 bits per heavy atom. The molecule has 1 amide bonds.